The van der Waals surface area contributed by atoms with Crippen molar-refractivity contribution in [3.05, 3.63) is 47.0 Å². The van der Waals surface area contributed by atoms with Crippen molar-refractivity contribution in [1.29, 1.82) is 0 Å². The first kappa shape index (κ1) is 19.6. The Labute approximate surface area is 153 Å². The van der Waals surface area contributed by atoms with Gasteiger partial charge in [0.05, 0.1) is 39.8 Å². The monoisotopic (exact) mass is 379 g/mol. The number of aromatic nitrogens is 1. The highest BCUT2D eigenvalue weighted by atomic mass is 32.2. The third kappa shape index (κ3) is 4.89. The highest BCUT2D eigenvalue weighted by Gasteiger charge is 2.13. The fraction of sp³-hybridized carbons (Fsp3) is 0.278. The maximum absolute atomic E-state index is 12.4. The van der Waals surface area contributed by atoms with Gasteiger partial charge in [0.2, 0.25) is 5.88 Å². The van der Waals surface area contributed by atoms with Gasteiger partial charge >= 0.3 is 0 Å². The first-order valence-corrected chi connectivity index (χ1v) is 9.33. The predicted molar refractivity (Wildman–Crippen MR) is 98.5 cm³/mol. The number of hydrogen-bond acceptors (Lipinski definition) is 7. The minimum atomic E-state index is -3.52. The van der Waals surface area contributed by atoms with E-state index in [1.165, 1.54) is 40.7 Å². The van der Waals surface area contributed by atoms with Crippen LogP contribution in [0.5, 0.6) is 23.1 Å². The average molecular weight is 379 g/mol. The Hall–Kier alpha value is -2.74. The maximum Gasteiger partial charge on any atom is 0.212 e. The van der Waals surface area contributed by atoms with Crippen molar-refractivity contribution in [2.24, 2.45) is 0 Å². The van der Waals surface area contributed by atoms with E-state index in [-0.39, 0.29) is 5.75 Å². The Morgan fingerprint density at radius 3 is 2.08 bits per heavy atom. The van der Waals surface area contributed by atoms with E-state index < -0.39 is 9.84 Å². The second-order valence-corrected chi connectivity index (χ2v) is 7.15. The molecular weight excluding hydrogens is 358 g/mol. The SMILES string of the molecule is COc1cc(OC)c(/C=C/S(=O)(=O)Cc2ccc(OC)nc2)c(OC)c1. The fourth-order valence-corrected chi connectivity index (χ4v) is 3.34. The minimum Gasteiger partial charge on any atom is -0.496 e. The standard InChI is InChI=1S/C18H21NO6S/c1-22-14-9-16(23-2)15(17(10-14)24-3)7-8-26(20,21)12-13-5-6-18(25-4)19-11-13/h5-11H,12H2,1-4H3/b8-7+. The van der Waals surface area contributed by atoms with Crippen molar-refractivity contribution in [1.82, 2.24) is 4.98 Å². The number of pyridine rings is 1. The Morgan fingerprint density at radius 1 is 0.962 bits per heavy atom. The first-order chi connectivity index (χ1) is 12.4. The van der Waals surface area contributed by atoms with Crippen LogP contribution in [0.15, 0.2) is 35.9 Å². The molecular formula is C18H21NO6S. The topological polar surface area (TPSA) is 84.0 Å². The Bertz CT molecular complexity index is 850. The van der Waals surface area contributed by atoms with E-state index in [0.29, 0.717) is 34.3 Å². The van der Waals surface area contributed by atoms with E-state index >= 15 is 0 Å². The van der Waals surface area contributed by atoms with Crippen molar-refractivity contribution in [3.63, 3.8) is 0 Å². The molecule has 0 aliphatic heterocycles. The van der Waals surface area contributed by atoms with Gasteiger partial charge in [-0.3, -0.25) is 0 Å². The lowest BCUT2D eigenvalue weighted by Gasteiger charge is -2.12. The van der Waals surface area contributed by atoms with Gasteiger partial charge in [0.25, 0.3) is 0 Å². The molecule has 2 aromatic rings. The van der Waals surface area contributed by atoms with Crippen LogP contribution in [0.25, 0.3) is 6.08 Å². The second-order valence-electron chi connectivity index (χ2n) is 5.26. The van der Waals surface area contributed by atoms with Gasteiger partial charge in [0.1, 0.15) is 17.2 Å². The molecule has 0 atom stereocenters. The van der Waals surface area contributed by atoms with Crippen LogP contribution in [0.2, 0.25) is 0 Å². The molecule has 1 aromatic heterocycles. The molecule has 0 saturated carbocycles. The third-order valence-electron chi connectivity index (χ3n) is 3.57. The summed E-state index contributed by atoms with van der Waals surface area (Å²) < 4.78 is 45.6. The van der Waals surface area contributed by atoms with Crippen LogP contribution in [-0.4, -0.2) is 41.8 Å². The van der Waals surface area contributed by atoms with Gasteiger partial charge in [-0.1, -0.05) is 6.07 Å². The highest BCUT2D eigenvalue weighted by molar-refractivity contribution is 7.93. The maximum atomic E-state index is 12.4. The molecule has 0 unspecified atom stereocenters. The lowest BCUT2D eigenvalue weighted by molar-refractivity contribution is 0.374. The van der Waals surface area contributed by atoms with E-state index in [2.05, 4.69) is 4.98 Å². The quantitative estimate of drug-likeness (QED) is 0.697. The van der Waals surface area contributed by atoms with Crippen LogP contribution in [0.4, 0.5) is 0 Å². The smallest absolute Gasteiger partial charge is 0.212 e. The summed E-state index contributed by atoms with van der Waals surface area (Å²) in [5.41, 5.74) is 1.07. The van der Waals surface area contributed by atoms with Gasteiger partial charge in [-0.2, -0.15) is 0 Å². The van der Waals surface area contributed by atoms with E-state index in [1.807, 2.05) is 0 Å². The summed E-state index contributed by atoms with van der Waals surface area (Å²) in [7, 11) is 2.48. The van der Waals surface area contributed by atoms with Gasteiger partial charge in [-0.15, -0.1) is 0 Å². The largest absolute Gasteiger partial charge is 0.496 e. The number of nitrogens with zero attached hydrogens (tertiary/aromatic N) is 1. The fourth-order valence-electron chi connectivity index (χ4n) is 2.27. The molecule has 7 nitrogen and oxygen atoms in total. The highest BCUT2D eigenvalue weighted by Crippen LogP contribution is 2.35. The van der Waals surface area contributed by atoms with Gasteiger partial charge in [-0.05, 0) is 11.6 Å². The molecule has 140 valence electrons. The summed E-state index contributed by atoms with van der Waals surface area (Å²) in [6, 6.07) is 6.58. The van der Waals surface area contributed by atoms with Crippen molar-refractivity contribution >= 4 is 15.9 Å². The van der Waals surface area contributed by atoms with Gasteiger partial charge < -0.3 is 18.9 Å². The first-order valence-electron chi connectivity index (χ1n) is 7.62. The van der Waals surface area contributed by atoms with Gasteiger partial charge in [0, 0.05) is 29.8 Å². The number of methoxy groups -OCH3 is 4. The molecule has 0 aliphatic carbocycles. The molecule has 0 bridgehead atoms. The number of benzene rings is 1. The normalized spacial score (nSPS) is 11.4. The molecule has 0 spiro atoms. The Morgan fingerprint density at radius 2 is 1.62 bits per heavy atom. The Kier molecular flexibility index (Phi) is 6.46. The summed E-state index contributed by atoms with van der Waals surface area (Å²) in [5, 5.41) is 1.13. The lowest BCUT2D eigenvalue weighted by atomic mass is 10.1. The molecule has 8 heteroatoms. The molecule has 0 amide bonds. The predicted octanol–water partition coefficient (Wildman–Crippen LogP) is 2.70. The summed E-state index contributed by atoms with van der Waals surface area (Å²) >= 11 is 0. The summed E-state index contributed by atoms with van der Waals surface area (Å²) in [6.45, 7) is 0. The molecule has 0 saturated heterocycles. The minimum absolute atomic E-state index is 0.179. The zero-order chi connectivity index (χ0) is 19.2. The van der Waals surface area contributed by atoms with Crippen LogP contribution in [0.3, 0.4) is 0 Å². The molecule has 0 radical (unpaired) electrons. The zero-order valence-corrected chi connectivity index (χ0v) is 15.9. The van der Waals surface area contributed by atoms with Crippen molar-refractivity contribution in [3.8, 4) is 23.1 Å². The molecule has 0 N–H and O–H groups in total. The van der Waals surface area contributed by atoms with Crippen molar-refractivity contribution < 1.29 is 27.4 Å². The van der Waals surface area contributed by atoms with Crippen molar-refractivity contribution in [2.45, 2.75) is 5.75 Å². The third-order valence-corrected chi connectivity index (χ3v) is 4.86. The van der Waals surface area contributed by atoms with Crippen LogP contribution >= 0.6 is 0 Å². The van der Waals surface area contributed by atoms with E-state index in [9.17, 15) is 8.42 Å². The molecule has 26 heavy (non-hydrogen) atoms. The Balaban J connectivity index is 2.29. The van der Waals surface area contributed by atoms with E-state index in [4.69, 9.17) is 18.9 Å². The van der Waals surface area contributed by atoms with E-state index in [1.54, 1.807) is 24.3 Å². The number of hydrogen-bond donors (Lipinski definition) is 0. The van der Waals surface area contributed by atoms with Crippen LogP contribution in [-0.2, 0) is 15.6 Å². The number of rotatable bonds is 8. The number of sulfone groups is 1. The summed E-state index contributed by atoms with van der Waals surface area (Å²) in [6.07, 6.45) is 2.92. The summed E-state index contributed by atoms with van der Waals surface area (Å²) in [5.74, 6) is 1.68. The molecule has 2 rings (SSSR count). The molecule has 1 aromatic carbocycles. The van der Waals surface area contributed by atoms with Crippen molar-refractivity contribution in [2.75, 3.05) is 28.4 Å². The van der Waals surface area contributed by atoms with Gasteiger partial charge in [-0.25, -0.2) is 13.4 Å². The van der Waals surface area contributed by atoms with Crippen LogP contribution in [0.1, 0.15) is 11.1 Å². The molecule has 1 heterocycles. The number of ether oxygens (including phenoxy) is 4. The zero-order valence-electron chi connectivity index (χ0n) is 15.1. The average Bonchev–Trinajstić information content (AvgIpc) is 2.65. The second kappa shape index (κ2) is 8.57. The molecule has 0 fully saturated rings. The van der Waals surface area contributed by atoms with Crippen LogP contribution < -0.4 is 18.9 Å². The van der Waals surface area contributed by atoms with Crippen LogP contribution in [0, 0.1) is 0 Å². The van der Waals surface area contributed by atoms with Gasteiger partial charge in [0.15, 0.2) is 9.84 Å². The van der Waals surface area contributed by atoms with E-state index in [0.717, 1.165) is 5.41 Å². The molecule has 0 aliphatic rings. The lowest BCUT2D eigenvalue weighted by Crippen LogP contribution is -2.01. The summed E-state index contributed by atoms with van der Waals surface area (Å²) in [4.78, 5) is 4.01.